The molecule has 8 nitrogen and oxygen atoms in total. The minimum atomic E-state index is -0.370. The van der Waals surface area contributed by atoms with Gasteiger partial charge in [0.15, 0.2) is 5.52 Å². The first kappa shape index (κ1) is 15.6. The van der Waals surface area contributed by atoms with Crippen LogP contribution in [0.4, 0.5) is 4.39 Å². The molecule has 1 N–H and O–H groups in total. The largest absolute Gasteiger partial charge is 0.390 e. The minimum Gasteiger partial charge on any atom is -0.390 e. The maximum absolute atomic E-state index is 13.9. The average Bonchev–Trinajstić information content (AvgIpc) is 2.98. The van der Waals surface area contributed by atoms with E-state index in [1.165, 1.54) is 15.4 Å². The van der Waals surface area contributed by atoms with Crippen molar-refractivity contribution in [3.05, 3.63) is 51.7 Å². The molecule has 3 aromatic rings. The van der Waals surface area contributed by atoms with Crippen LogP contribution in [0, 0.1) is 17.7 Å². The van der Waals surface area contributed by atoms with Gasteiger partial charge in [-0.15, -0.1) is 5.10 Å². The molecule has 1 saturated carbocycles. The summed E-state index contributed by atoms with van der Waals surface area (Å²) in [5, 5.41) is 22.2. The maximum atomic E-state index is 13.9. The van der Waals surface area contributed by atoms with E-state index in [0.717, 1.165) is 0 Å². The van der Waals surface area contributed by atoms with Crippen molar-refractivity contribution in [2.24, 2.45) is 11.8 Å². The molecule has 0 amide bonds. The van der Waals surface area contributed by atoms with Crippen molar-refractivity contribution in [3.8, 4) is 0 Å². The summed E-state index contributed by atoms with van der Waals surface area (Å²) in [6, 6.07) is 6.32. The standard InChI is InChI=1S/C17H16FN5O3/c18-12-4-2-1-3-9(12)5-22-13(6-24)14-15(20-22)17(25)23(21-19-14)16-10-7-26-8-11(10)16/h1-4,10-11,16,24H,5-8H2/t10-,11+,16?. The zero-order valence-electron chi connectivity index (χ0n) is 13.7. The van der Waals surface area contributed by atoms with Gasteiger partial charge in [0.2, 0.25) is 0 Å². The minimum absolute atomic E-state index is 0.00226. The quantitative estimate of drug-likeness (QED) is 0.730. The predicted molar refractivity (Wildman–Crippen MR) is 87.8 cm³/mol. The molecule has 3 atom stereocenters. The molecule has 0 radical (unpaired) electrons. The first-order chi connectivity index (χ1) is 12.7. The highest BCUT2D eigenvalue weighted by Crippen LogP contribution is 2.53. The molecule has 26 heavy (non-hydrogen) atoms. The highest BCUT2D eigenvalue weighted by atomic mass is 19.1. The number of ether oxygens (including phenoxy) is 1. The number of aliphatic hydroxyl groups is 1. The number of rotatable bonds is 4. The van der Waals surface area contributed by atoms with E-state index in [9.17, 15) is 14.3 Å². The fourth-order valence-corrected chi connectivity index (χ4v) is 3.82. The highest BCUT2D eigenvalue weighted by molar-refractivity contribution is 5.75. The van der Waals surface area contributed by atoms with Crippen LogP contribution in [0.2, 0.25) is 0 Å². The SMILES string of the molecule is O=c1c2nn(Cc3ccccc3F)c(CO)c2nnn1C1[C@H]2COC[C@@H]12. The number of halogens is 1. The van der Waals surface area contributed by atoms with Crippen LogP contribution in [0.15, 0.2) is 29.1 Å². The molecule has 0 bridgehead atoms. The third-order valence-corrected chi connectivity index (χ3v) is 5.30. The van der Waals surface area contributed by atoms with Gasteiger partial charge in [0, 0.05) is 17.4 Å². The van der Waals surface area contributed by atoms with Crippen molar-refractivity contribution in [1.82, 2.24) is 24.8 Å². The lowest BCUT2D eigenvalue weighted by atomic mass is 10.2. The van der Waals surface area contributed by atoms with Crippen molar-refractivity contribution in [2.45, 2.75) is 19.2 Å². The van der Waals surface area contributed by atoms with E-state index in [1.54, 1.807) is 18.2 Å². The van der Waals surface area contributed by atoms with Gasteiger partial charge in [-0.2, -0.15) is 5.10 Å². The predicted octanol–water partition coefficient (Wildman–Crippen LogP) is 0.485. The van der Waals surface area contributed by atoms with Gasteiger partial charge in [0.1, 0.15) is 11.3 Å². The third-order valence-electron chi connectivity index (χ3n) is 5.30. The van der Waals surface area contributed by atoms with E-state index in [4.69, 9.17) is 4.74 Å². The molecule has 5 rings (SSSR count). The molecule has 3 heterocycles. The Balaban J connectivity index is 1.58. The van der Waals surface area contributed by atoms with Gasteiger partial charge in [0.25, 0.3) is 5.56 Å². The highest BCUT2D eigenvalue weighted by Gasteiger charge is 2.56. The summed E-state index contributed by atoms with van der Waals surface area (Å²) in [6.45, 7) is 0.989. The summed E-state index contributed by atoms with van der Waals surface area (Å²) < 4.78 is 22.1. The first-order valence-electron chi connectivity index (χ1n) is 8.46. The van der Waals surface area contributed by atoms with Gasteiger partial charge in [-0.05, 0) is 6.07 Å². The maximum Gasteiger partial charge on any atom is 0.298 e. The van der Waals surface area contributed by atoms with Crippen LogP contribution in [-0.4, -0.2) is 43.1 Å². The molecule has 2 aromatic heterocycles. The zero-order valence-corrected chi connectivity index (χ0v) is 13.7. The Morgan fingerprint density at radius 3 is 2.73 bits per heavy atom. The average molecular weight is 357 g/mol. The van der Waals surface area contributed by atoms with Crippen LogP contribution in [-0.2, 0) is 17.9 Å². The Hall–Kier alpha value is -2.65. The van der Waals surface area contributed by atoms with E-state index >= 15 is 0 Å². The fourth-order valence-electron chi connectivity index (χ4n) is 3.82. The molecule has 1 aliphatic carbocycles. The Labute approximate surface area is 146 Å². The molecule has 2 aliphatic rings. The Bertz CT molecular complexity index is 1050. The summed E-state index contributed by atoms with van der Waals surface area (Å²) in [6.07, 6.45) is 0. The van der Waals surface area contributed by atoms with Crippen LogP contribution in [0.3, 0.4) is 0 Å². The lowest BCUT2D eigenvalue weighted by Crippen LogP contribution is -2.26. The summed E-state index contributed by atoms with van der Waals surface area (Å²) in [7, 11) is 0. The van der Waals surface area contributed by atoms with Gasteiger partial charge in [0.05, 0.1) is 38.1 Å². The number of hydrogen-bond donors (Lipinski definition) is 1. The molecule has 1 saturated heterocycles. The van der Waals surface area contributed by atoms with Crippen molar-refractivity contribution in [1.29, 1.82) is 0 Å². The van der Waals surface area contributed by atoms with E-state index in [0.29, 0.717) is 36.3 Å². The molecular weight excluding hydrogens is 341 g/mol. The summed E-state index contributed by atoms with van der Waals surface area (Å²) in [4.78, 5) is 12.8. The first-order valence-corrected chi connectivity index (χ1v) is 8.46. The summed E-state index contributed by atoms with van der Waals surface area (Å²) in [5.74, 6) is 0.236. The number of benzene rings is 1. The molecule has 2 fully saturated rings. The second-order valence-corrected chi connectivity index (χ2v) is 6.75. The second-order valence-electron chi connectivity index (χ2n) is 6.75. The molecule has 1 aliphatic heterocycles. The Morgan fingerprint density at radius 2 is 2.00 bits per heavy atom. The van der Waals surface area contributed by atoms with Crippen LogP contribution in [0.5, 0.6) is 0 Å². The van der Waals surface area contributed by atoms with Crippen molar-refractivity contribution < 1.29 is 14.2 Å². The summed E-state index contributed by atoms with van der Waals surface area (Å²) >= 11 is 0. The van der Waals surface area contributed by atoms with Gasteiger partial charge in [-0.3, -0.25) is 9.48 Å². The van der Waals surface area contributed by atoms with Crippen LogP contribution >= 0.6 is 0 Å². The molecule has 0 spiro atoms. The second kappa shape index (κ2) is 5.68. The number of aliphatic hydroxyl groups excluding tert-OH is 1. The van der Waals surface area contributed by atoms with E-state index in [2.05, 4.69) is 15.4 Å². The van der Waals surface area contributed by atoms with Crippen LogP contribution in [0.25, 0.3) is 11.0 Å². The monoisotopic (exact) mass is 357 g/mol. The van der Waals surface area contributed by atoms with E-state index < -0.39 is 0 Å². The van der Waals surface area contributed by atoms with Crippen molar-refractivity contribution in [2.75, 3.05) is 13.2 Å². The van der Waals surface area contributed by atoms with Crippen molar-refractivity contribution in [3.63, 3.8) is 0 Å². The molecule has 1 aromatic carbocycles. The normalized spacial score (nSPS) is 24.2. The van der Waals surface area contributed by atoms with Crippen LogP contribution in [0.1, 0.15) is 17.3 Å². The summed E-state index contributed by atoms with van der Waals surface area (Å²) in [5.41, 5.74) is 0.825. The lowest BCUT2D eigenvalue weighted by Gasteiger charge is -2.06. The Morgan fingerprint density at radius 1 is 1.23 bits per heavy atom. The van der Waals surface area contributed by atoms with E-state index in [1.807, 2.05) is 0 Å². The molecule has 134 valence electrons. The molecule has 1 unspecified atom stereocenters. The molecule has 9 heteroatoms. The molecular formula is C17H16FN5O3. The number of fused-ring (bicyclic) bond motifs is 2. The third kappa shape index (κ3) is 2.20. The number of hydrogen-bond acceptors (Lipinski definition) is 6. The number of nitrogens with zero attached hydrogens (tertiary/aromatic N) is 5. The Kier molecular flexibility index (Phi) is 3.41. The van der Waals surface area contributed by atoms with E-state index in [-0.39, 0.29) is 41.6 Å². The van der Waals surface area contributed by atoms with Gasteiger partial charge < -0.3 is 9.84 Å². The van der Waals surface area contributed by atoms with Gasteiger partial charge in [-0.1, -0.05) is 23.4 Å². The van der Waals surface area contributed by atoms with Gasteiger partial charge >= 0.3 is 0 Å². The topological polar surface area (TPSA) is 95.1 Å². The van der Waals surface area contributed by atoms with Crippen molar-refractivity contribution >= 4 is 11.0 Å². The smallest absolute Gasteiger partial charge is 0.298 e. The lowest BCUT2D eigenvalue weighted by molar-refractivity contribution is 0.149. The van der Waals surface area contributed by atoms with Crippen LogP contribution < -0.4 is 5.56 Å². The fraction of sp³-hybridized carbons (Fsp3) is 0.412. The number of aromatic nitrogens is 5. The van der Waals surface area contributed by atoms with Gasteiger partial charge in [-0.25, -0.2) is 9.07 Å². The zero-order chi connectivity index (χ0) is 17.8.